The fraction of sp³-hybridized carbons (Fsp3) is 0.364. The van der Waals surface area contributed by atoms with Crippen LogP contribution in [0.1, 0.15) is 58.2 Å². The molecule has 4 amide bonds. The third-order valence-electron chi connectivity index (χ3n) is 8.42. The number of nitrogens with zero attached hydrogens (tertiary/aromatic N) is 1. The molecule has 0 radical (unpaired) electrons. The van der Waals surface area contributed by atoms with Crippen molar-refractivity contribution in [3.63, 3.8) is 0 Å². The predicted octanol–water partition coefficient (Wildman–Crippen LogP) is 2.79. The van der Waals surface area contributed by atoms with E-state index in [2.05, 4.69) is 21.3 Å². The average Bonchev–Trinajstić information content (AvgIpc) is 3.74. The number of halogens is 3. The number of benzene rings is 2. The lowest BCUT2D eigenvalue weighted by molar-refractivity contribution is -0.138. The molecule has 11 nitrogen and oxygen atoms in total. The van der Waals surface area contributed by atoms with E-state index in [1.54, 1.807) is 30.5 Å². The van der Waals surface area contributed by atoms with Gasteiger partial charge in [0, 0.05) is 65.5 Å². The van der Waals surface area contributed by atoms with E-state index < -0.39 is 54.5 Å². The van der Waals surface area contributed by atoms with Crippen molar-refractivity contribution in [3.05, 3.63) is 81.0 Å². The monoisotopic (exact) mass is 683 g/mol. The topological polar surface area (TPSA) is 170 Å². The molecule has 0 saturated carbocycles. The van der Waals surface area contributed by atoms with Gasteiger partial charge in [0.25, 0.3) is 11.8 Å². The summed E-state index contributed by atoms with van der Waals surface area (Å²) in [5.74, 6) is -5.57. The van der Waals surface area contributed by atoms with E-state index in [0.717, 1.165) is 4.90 Å². The summed E-state index contributed by atoms with van der Waals surface area (Å²) in [6.45, 7) is 2.40. The van der Waals surface area contributed by atoms with Crippen LogP contribution in [0.15, 0.2) is 53.9 Å². The van der Waals surface area contributed by atoms with Crippen LogP contribution in [0, 0.1) is 5.41 Å². The van der Waals surface area contributed by atoms with Gasteiger partial charge < -0.3 is 31.9 Å². The van der Waals surface area contributed by atoms with Crippen LogP contribution in [0.4, 0.5) is 13.2 Å². The van der Waals surface area contributed by atoms with Gasteiger partial charge in [-0.15, -0.1) is 11.3 Å². The van der Waals surface area contributed by atoms with Crippen LogP contribution in [-0.4, -0.2) is 78.8 Å². The molecule has 1 saturated heterocycles. The Kier molecular flexibility index (Phi) is 9.91. The summed E-state index contributed by atoms with van der Waals surface area (Å²) in [7, 11) is 0. The van der Waals surface area contributed by atoms with Crippen LogP contribution < -0.4 is 27.0 Å². The molecule has 0 spiro atoms. The van der Waals surface area contributed by atoms with E-state index in [9.17, 15) is 28.0 Å². The summed E-state index contributed by atoms with van der Waals surface area (Å²) < 4.78 is 46.1. The van der Waals surface area contributed by atoms with E-state index in [4.69, 9.17) is 11.1 Å². The maximum atomic E-state index is 16.1. The number of thiophene rings is 1. The van der Waals surface area contributed by atoms with E-state index in [0.29, 0.717) is 16.0 Å². The minimum absolute atomic E-state index is 0.0580. The van der Waals surface area contributed by atoms with Crippen molar-refractivity contribution in [2.45, 2.75) is 43.9 Å². The fourth-order valence-corrected chi connectivity index (χ4v) is 6.90. The van der Waals surface area contributed by atoms with Crippen molar-refractivity contribution >= 4 is 40.8 Å². The Balaban J connectivity index is 1.28. The molecule has 3 aromatic rings. The third-order valence-corrected chi connectivity index (χ3v) is 9.54. The smallest absolute Gasteiger partial charge is 0.299 e. The number of nitrogens with one attached hydrogen (secondary N) is 5. The van der Waals surface area contributed by atoms with Crippen molar-refractivity contribution in [1.29, 1.82) is 5.41 Å². The molecule has 1 aliphatic heterocycles. The largest absolute Gasteiger partial charge is 0.384 e. The molecule has 0 bridgehead atoms. The van der Waals surface area contributed by atoms with Crippen molar-refractivity contribution in [2.24, 2.45) is 5.73 Å². The first-order valence-corrected chi connectivity index (χ1v) is 16.2. The van der Waals surface area contributed by atoms with Gasteiger partial charge in [-0.1, -0.05) is 30.3 Å². The minimum Gasteiger partial charge on any atom is -0.384 e. The molecule has 48 heavy (non-hydrogen) atoms. The first kappa shape index (κ1) is 34.6. The molecule has 0 unspecified atom stereocenters. The standard InChI is InChI=1S/C33H36F3N7O4S/c1-18(27-12-21(15-48-27)29(37)38)42-31(47)26-13-32(34,16-39-9-10-40-19(2)44)17-43(26)28(45)14-41-30(46)20-7-8-25-23(11-20)22-5-3-4-6-24(22)33(25,35)36/h3-8,11-12,15,18,26,39H,9-10,13-14,16-17H2,1-2H3,(H3,37,38)(H,40,44)(H,41,46)(H,42,47)/t18-,26+,32+/m1/s1. The van der Waals surface area contributed by atoms with Crippen molar-refractivity contribution in [3.8, 4) is 11.1 Å². The highest BCUT2D eigenvalue weighted by atomic mass is 32.1. The first-order valence-electron chi connectivity index (χ1n) is 15.3. The van der Waals surface area contributed by atoms with Crippen LogP contribution >= 0.6 is 11.3 Å². The van der Waals surface area contributed by atoms with Crippen LogP contribution in [0.5, 0.6) is 0 Å². The van der Waals surface area contributed by atoms with E-state index in [1.807, 2.05) is 0 Å². The van der Waals surface area contributed by atoms with Crippen molar-refractivity contribution in [1.82, 2.24) is 26.2 Å². The Labute approximate surface area is 279 Å². The van der Waals surface area contributed by atoms with Crippen LogP contribution in [0.25, 0.3) is 11.1 Å². The average molecular weight is 684 g/mol. The second-order valence-electron chi connectivity index (χ2n) is 12.0. The highest BCUT2D eigenvalue weighted by Crippen LogP contribution is 2.50. The Morgan fingerprint density at radius 1 is 1.02 bits per heavy atom. The van der Waals surface area contributed by atoms with Gasteiger partial charge in [0.15, 0.2) is 0 Å². The second kappa shape index (κ2) is 13.8. The normalized spacial score (nSPS) is 19.6. The zero-order chi connectivity index (χ0) is 34.8. The summed E-state index contributed by atoms with van der Waals surface area (Å²) in [6.07, 6.45) is -0.319. The predicted molar refractivity (Wildman–Crippen MR) is 175 cm³/mol. The Hall–Kier alpha value is -4.76. The summed E-state index contributed by atoms with van der Waals surface area (Å²) in [5.41, 5.74) is 4.27. The number of carbonyl (C=O) groups excluding carboxylic acids is 4. The first-order chi connectivity index (χ1) is 22.7. The number of nitrogens with two attached hydrogens (primary N) is 1. The fourth-order valence-electron chi connectivity index (χ4n) is 5.98. The molecule has 7 N–H and O–H groups in total. The molecule has 2 aromatic carbocycles. The Bertz CT molecular complexity index is 1770. The highest BCUT2D eigenvalue weighted by molar-refractivity contribution is 7.10. The zero-order valence-corrected chi connectivity index (χ0v) is 27.1. The van der Waals surface area contributed by atoms with Crippen LogP contribution in [0.3, 0.4) is 0 Å². The maximum Gasteiger partial charge on any atom is 0.299 e. The number of hydrogen-bond acceptors (Lipinski definition) is 7. The highest BCUT2D eigenvalue weighted by Gasteiger charge is 2.49. The molecule has 1 aromatic heterocycles. The number of carbonyl (C=O) groups is 4. The number of rotatable bonds is 12. The number of likely N-dealkylation sites (tertiary alicyclic amines) is 1. The van der Waals surface area contributed by atoms with Gasteiger partial charge in [-0.05, 0) is 36.2 Å². The Morgan fingerprint density at radius 2 is 1.75 bits per heavy atom. The van der Waals surface area contributed by atoms with Gasteiger partial charge in [0.2, 0.25) is 17.7 Å². The SMILES string of the molecule is CC(=O)NCCNC[C@@]1(F)C[C@@H](C(=O)N[C@H](C)c2cc(C(=N)N)cs2)N(C(=O)CNC(=O)c2ccc3c(c2)-c2ccccc2C3(F)F)C1. The number of hydrogen-bond donors (Lipinski definition) is 6. The molecule has 2 heterocycles. The minimum atomic E-state index is -3.21. The molecule has 1 fully saturated rings. The van der Waals surface area contributed by atoms with Gasteiger partial charge in [-0.2, -0.15) is 8.78 Å². The molecule has 2 aliphatic rings. The molecule has 254 valence electrons. The van der Waals surface area contributed by atoms with E-state index in [-0.39, 0.29) is 60.1 Å². The quantitative estimate of drug-likeness (QED) is 0.0975. The summed E-state index contributed by atoms with van der Waals surface area (Å²) in [5, 5.41) is 20.1. The van der Waals surface area contributed by atoms with Crippen molar-refractivity contribution in [2.75, 3.05) is 32.7 Å². The van der Waals surface area contributed by atoms with Crippen LogP contribution in [0.2, 0.25) is 0 Å². The van der Waals surface area contributed by atoms with Gasteiger partial charge >= 0.3 is 0 Å². The molecule has 5 rings (SSSR count). The van der Waals surface area contributed by atoms with E-state index in [1.165, 1.54) is 48.6 Å². The number of amidine groups is 1. The number of amides is 4. The van der Waals surface area contributed by atoms with Crippen molar-refractivity contribution < 1.29 is 32.3 Å². The third kappa shape index (κ3) is 7.21. The molecule has 1 aliphatic carbocycles. The number of alkyl halides is 3. The van der Waals surface area contributed by atoms with Gasteiger partial charge in [0.1, 0.15) is 17.5 Å². The molecule has 15 heteroatoms. The van der Waals surface area contributed by atoms with Gasteiger partial charge in [0.05, 0.1) is 19.1 Å². The Morgan fingerprint density at radius 3 is 2.46 bits per heavy atom. The lowest BCUT2D eigenvalue weighted by Crippen LogP contribution is -2.49. The molecular formula is C33H36F3N7O4S. The zero-order valence-electron chi connectivity index (χ0n) is 26.3. The number of nitrogen functional groups attached to an aromatic ring is 1. The number of fused-ring (bicyclic) bond motifs is 3. The molecular weight excluding hydrogens is 647 g/mol. The summed E-state index contributed by atoms with van der Waals surface area (Å²) >= 11 is 1.29. The van der Waals surface area contributed by atoms with Gasteiger partial charge in [-0.3, -0.25) is 24.6 Å². The van der Waals surface area contributed by atoms with E-state index >= 15 is 4.39 Å². The summed E-state index contributed by atoms with van der Waals surface area (Å²) in [4.78, 5) is 53.0. The lowest BCUT2D eigenvalue weighted by atomic mass is 10.0. The maximum absolute atomic E-state index is 16.1. The molecule has 3 atom stereocenters. The van der Waals surface area contributed by atoms with Gasteiger partial charge in [-0.25, -0.2) is 4.39 Å². The summed E-state index contributed by atoms with van der Waals surface area (Å²) in [6, 6.07) is 9.77. The second-order valence-corrected chi connectivity index (χ2v) is 12.9. The van der Waals surface area contributed by atoms with Crippen LogP contribution in [-0.2, 0) is 20.3 Å². The lowest BCUT2D eigenvalue weighted by Gasteiger charge is -2.25.